The molecule has 1 aromatic carbocycles. The highest BCUT2D eigenvalue weighted by molar-refractivity contribution is 5.95. The Morgan fingerprint density at radius 2 is 2.14 bits per heavy atom. The fraction of sp³-hybridized carbons (Fsp3) is 0.385. The van der Waals surface area contributed by atoms with E-state index in [1.165, 1.54) is 29.2 Å². The number of aliphatic carboxylic acids is 1. The molecule has 21 heavy (non-hydrogen) atoms. The molecule has 0 saturated carbocycles. The van der Waals surface area contributed by atoms with Crippen LogP contribution in [0.25, 0.3) is 0 Å². The van der Waals surface area contributed by atoms with E-state index in [2.05, 4.69) is 0 Å². The standard InChI is InChI=1S/C13H14N2O6/c1-13(21-6-11(16)17)7-14(8-13)12(18)9-3-2-4-10(5-9)15(19)20/h2-5H,6-8H2,1H3,(H,16,17). The third kappa shape index (κ3) is 3.34. The molecule has 2 rings (SSSR count). The summed E-state index contributed by atoms with van der Waals surface area (Å²) in [5.41, 5.74) is -0.606. The number of nitro benzene ring substituents is 1. The van der Waals surface area contributed by atoms with Crippen molar-refractivity contribution in [3.05, 3.63) is 39.9 Å². The minimum atomic E-state index is -1.07. The van der Waals surface area contributed by atoms with Gasteiger partial charge in [0.15, 0.2) is 0 Å². The first kappa shape index (κ1) is 14.9. The molecule has 1 aliphatic heterocycles. The summed E-state index contributed by atoms with van der Waals surface area (Å²) in [4.78, 5) is 34.2. The molecule has 1 amide bonds. The number of non-ortho nitro benzene ring substituents is 1. The van der Waals surface area contributed by atoms with Crippen molar-refractivity contribution in [1.29, 1.82) is 0 Å². The normalized spacial score (nSPS) is 16.1. The Balaban J connectivity index is 1.99. The maximum Gasteiger partial charge on any atom is 0.329 e. The molecule has 0 unspecified atom stereocenters. The van der Waals surface area contributed by atoms with Gasteiger partial charge in [-0.3, -0.25) is 14.9 Å². The van der Waals surface area contributed by atoms with Crippen molar-refractivity contribution in [3.63, 3.8) is 0 Å². The van der Waals surface area contributed by atoms with Crippen molar-refractivity contribution in [1.82, 2.24) is 4.90 Å². The summed E-state index contributed by atoms with van der Waals surface area (Å²) in [6.45, 7) is 1.80. The van der Waals surface area contributed by atoms with Crippen LogP contribution in [0.5, 0.6) is 0 Å². The zero-order valence-corrected chi connectivity index (χ0v) is 11.3. The fourth-order valence-electron chi connectivity index (χ4n) is 2.17. The number of amides is 1. The van der Waals surface area contributed by atoms with Crippen molar-refractivity contribution in [2.45, 2.75) is 12.5 Å². The molecule has 8 nitrogen and oxygen atoms in total. The highest BCUT2D eigenvalue weighted by Gasteiger charge is 2.43. The van der Waals surface area contributed by atoms with E-state index in [-0.39, 0.29) is 30.2 Å². The van der Waals surface area contributed by atoms with Crippen molar-refractivity contribution < 1.29 is 24.4 Å². The molecule has 0 aliphatic carbocycles. The summed E-state index contributed by atoms with van der Waals surface area (Å²) in [6.07, 6.45) is 0. The number of carbonyl (C=O) groups is 2. The molecular formula is C13H14N2O6. The van der Waals surface area contributed by atoms with Crippen LogP contribution in [0.15, 0.2) is 24.3 Å². The molecule has 1 heterocycles. The Hall–Kier alpha value is -2.48. The SMILES string of the molecule is CC1(OCC(=O)O)CN(C(=O)c2cccc([N+](=O)[O-])c2)C1. The lowest BCUT2D eigenvalue weighted by Gasteiger charge is -2.47. The number of hydrogen-bond acceptors (Lipinski definition) is 5. The van der Waals surface area contributed by atoms with Crippen molar-refractivity contribution in [2.24, 2.45) is 0 Å². The Labute approximate surface area is 120 Å². The number of carboxylic acid groups (broad SMARTS) is 1. The molecule has 8 heteroatoms. The van der Waals surface area contributed by atoms with Gasteiger partial charge in [-0.25, -0.2) is 4.79 Å². The number of nitro groups is 1. The van der Waals surface area contributed by atoms with Crippen LogP contribution in [-0.2, 0) is 9.53 Å². The van der Waals surface area contributed by atoms with Gasteiger partial charge < -0.3 is 14.7 Å². The smallest absolute Gasteiger partial charge is 0.329 e. The second-order valence-corrected chi connectivity index (χ2v) is 5.10. The van der Waals surface area contributed by atoms with E-state index in [0.717, 1.165) is 0 Å². The van der Waals surface area contributed by atoms with Gasteiger partial charge in [0.2, 0.25) is 0 Å². The highest BCUT2D eigenvalue weighted by atomic mass is 16.6. The lowest BCUT2D eigenvalue weighted by atomic mass is 9.95. The molecule has 1 aliphatic rings. The first-order valence-electron chi connectivity index (χ1n) is 6.20. The van der Waals surface area contributed by atoms with Gasteiger partial charge in [-0.05, 0) is 13.0 Å². The van der Waals surface area contributed by atoms with Crippen molar-refractivity contribution in [3.8, 4) is 0 Å². The molecule has 1 aromatic rings. The molecule has 1 N–H and O–H groups in total. The molecule has 1 fully saturated rings. The van der Waals surface area contributed by atoms with E-state index in [0.29, 0.717) is 0 Å². The van der Waals surface area contributed by atoms with Gasteiger partial charge in [-0.15, -0.1) is 0 Å². The van der Waals surface area contributed by atoms with Crippen LogP contribution in [0.1, 0.15) is 17.3 Å². The number of nitrogens with zero attached hydrogens (tertiary/aromatic N) is 2. The number of carbonyl (C=O) groups excluding carboxylic acids is 1. The first-order valence-corrected chi connectivity index (χ1v) is 6.20. The number of carboxylic acids is 1. The van der Waals surface area contributed by atoms with Gasteiger partial charge in [0, 0.05) is 17.7 Å². The first-order chi connectivity index (χ1) is 9.81. The second-order valence-electron chi connectivity index (χ2n) is 5.10. The molecule has 0 aromatic heterocycles. The number of ether oxygens (including phenoxy) is 1. The maximum atomic E-state index is 12.2. The van der Waals surface area contributed by atoms with Crippen LogP contribution in [0.4, 0.5) is 5.69 Å². The van der Waals surface area contributed by atoms with Crippen LogP contribution in [-0.4, -0.2) is 52.1 Å². The molecule has 0 bridgehead atoms. The molecule has 0 spiro atoms. The molecular weight excluding hydrogens is 280 g/mol. The zero-order chi connectivity index (χ0) is 15.6. The van der Waals surface area contributed by atoms with E-state index in [1.807, 2.05) is 0 Å². The van der Waals surface area contributed by atoms with E-state index in [1.54, 1.807) is 6.92 Å². The zero-order valence-electron chi connectivity index (χ0n) is 11.3. The van der Waals surface area contributed by atoms with Crippen molar-refractivity contribution in [2.75, 3.05) is 19.7 Å². The summed E-state index contributed by atoms with van der Waals surface area (Å²) >= 11 is 0. The maximum absolute atomic E-state index is 12.2. The molecule has 0 radical (unpaired) electrons. The average molecular weight is 294 g/mol. The van der Waals surface area contributed by atoms with Crippen LogP contribution in [0.2, 0.25) is 0 Å². The van der Waals surface area contributed by atoms with Gasteiger partial charge in [0.25, 0.3) is 11.6 Å². The minimum Gasteiger partial charge on any atom is -0.480 e. The summed E-state index contributed by atoms with van der Waals surface area (Å²) < 4.78 is 5.20. The number of hydrogen-bond donors (Lipinski definition) is 1. The van der Waals surface area contributed by atoms with E-state index < -0.39 is 23.1 Å². The molecule has 112 valence electrons. The Kier molecular flexibility index (Phi) is 3.90. The predicted octanol–water partition coefficient (Wildman–Crippen LogP) is 0.910. The third-order valence-electron chi connectivity index (χ3n) is 3.19. The lowest BCUT2D eigenvalue weighted by molar-refractivity contribution is -0.384. The monoisotopic (exact) mass is 294 g/mol. The van der Waals surface area contributed by atoms with Crippen LogP contribution >= 0.6 is 0 Å². The van der Waals surface area contributed by atoms with E-state index in [9.17, 15) is 19.7 Å². The van der Waals surface area contributed by atoms with E-state index in [4.69, 9.17) is 9.84 Å². The quantitative estimate of drug-likeness (QED) is 0.638. The van der Waals surface area contributed by atoms with Crippen LogP contribution in [0, 0.1) is 10.1 Å². The van der Waals surface area contributed by atoms with Gasteiger partial charge in [0.05, 0.1) is 18.0 Å². The lowest BCUT2D eigenvalue weighted by Crippen LogP contribution is -2.63. The van der Waals surface area contributed by atoms with Gasteiger partial charge in [0.1, 0.15) is 12.2 Å². The molecule has 1 saturated heterocycles. The summed E-state index contributed by atoms with van der Waals surface area (Å²) in [5.74, 6) is -1.41. The fourth-order valence-corrected chi connectivity index (χ4v) is 2.17. The number of rotatable bonds is 5. The van der Waals surface area contributed by atoms with Gasteiger partial charge in [-0.1, -0.05) is 6.07 Å². The van der Waals surface area contributed by atoms with Crippen molar-refractivity contribution >= 4 is 17.6 Å². The van der Waals surface area contributed by atoms with Gasteiger partial charge >= 0.3 is 5.97 Å². The number of benzene rings is 1. The highest BCUT2D eigenvalue weighted by Crippen LogP contribution is 2.27. The summed E-state index contributed by atoms with van der Waals surface area (Å²) in [5, 5.41) is 19.2. The Bertz CT molecular complexity index is 594. The van der Waals surface area contributed by atoms with Gasteiger partial charge in [-0.2, -0.15) is 0 Å². The van der Waals surface area contributed by atoms with E-state index >= 15 is 0 Å². The van der Waals surface area contributed by atoms with Crippen LogP contribution in [0.3, 0.4) is 0 Å². The number of likely N-dealkylation sites (tertiary alicyclic amines) is 1. The predicted molar refractivity (Wildman–Crippen MR) is 71.0 cm³/mol. The second kappa shape index (κ2) is 5.49. The average Bonchev–Trinajstić information content (AvgIpc) is 2.41. The Morgan fingerprint density at radius 1 is 1.48 bits per heavy atom. The largest absolute Gasteiger partial charge is 0.480 e. The summed E-state index contributed by atoms with van der Waals surface area (Å²) in [6, 6.07) is 5.48. The minimum absolute atomic E-state index is 0.147. The summed E-state index contributed by atoms with van der Waals surface area (Å²) in [7, 11) is 0. The Morgan fingerprint density at radius 3 is 2.71 bits per heavy atom. The van der Waals surface area contributed by atoms with Crippen LogP contribution < -0.4 is 0 Å². The molecule has 0 atom stereocenters. The topological polar surface area (TPSA) is 110 Å². The third-order valence-corrected chi connectivity index (χ3v) is 3.19.